The van der Waals surface area contributed by atoms with E-state index in [-0.39, 0.29) is 17.2 Å². The standard InChI is InChI=1S/C14H16N2O3S2/c1-3-14(17)11-5-4-6-13(7-11)21(18,19)15-8-12-9-20-10(2)16-12/h4-7,9,15H,3,8H2,1-2H3. The van der Waals surface area contributed by atoms with Crippen molar-refractivity contribution in [1.29, 1.82) is 0 Å². The second-order valence-electron chi connectivity index (χ2n) is 4.49. The first kappa shape index (κ1) is 15.8. The third-order valence-electron chi connectivity index (χ3n) is 2.90. The van der Waals surface area contributed by atoms with Gasteiger partial charge in [-0.1, -0.05) is 19.1 Å². The molecule has 2 aromatic rings. The van der Waals surface area contributed by atoms with Crippen LogP contribution in [-0.2, 0) is 16.6 Å². The fourth-order valence-electron chi connectivity index (χ4n) is 1.78. The summed E-state index contributed by atoms with van der Waals surface area (Å²) in [6, 6.07) is 6.07. The number of carbonyl (C=O) groups is 1. The summed E-state index contributed by atoms with van der Waals surface area (Å²) in [6.45, 7) is 3.74. The monoisotopic (exact) mass is 324 g/mol. The van der Waals surface area contributed by atoms with Gasteiger partial charge in [-0.25, -0.2) is 18.1 Å². The van der Waals surface area contributed by atoms with Crippen LogP contribution in [-0.4, -0.2) is 19.2 Å². The summed E-state index contributed by atoms with van der Waals surface area (Å²) in [7, 11) is -3.65. The number of sulfonamides is 1. The third-order valence-corrected chi connectivity index (χ3v) is 5.12. The maximum Gasteiger partial charge on any atom is 0.240 e. The predicted octanol–water partition coefficient (Wildman–Crippen LogP) is 2.52. The van der Waals surface area contributed by atoms with Gasteiger partial charge in [-0.15, -0.1) is 11.3 Å². The van der Waals surface area contributed by atoms with Crippen LogP contribution in [0.4, 0.5) is 0 Å². The number of nitrogens with zero attached hydrogens (tertiary/aromatic N) is 1. The van der Waals surface area contributed by atoms with E-state index in [1.807, 2.05) is 12.3 Å². The Morgan fingerprint density at radius 1 is 1.38 bits per heavy atom. The van der Waals surface area contributed by atoms with Crippen LogP contribution >= 0.6 is 11.3 Å². The highest BCUT2D eigenvalue weighted by molar-refractivity contribution is 7.89. The molecule has 1 heterocycles. The molecule has 1 N–H and O–H groups in total. The molecule has 0 fully saturated rings. The maximum atomic E-state index is 12.2. The number of hydrogen-bond acceptors (Lipinski definition) is 5. The Morgan fingerprint density at radius 2 is 2.14 bits per heavy atom. The van der Waals surface area contributed by atoms with Gasteiger partial charge in [0.25, 0.3) is 0 Å². The molecule has 0 aliphatic carbocycles. The van der Waals surface area contributed by atoms with E-state index < -0.39 is 10.0 Å². The number of rotatable bonds is 6. The van der Waals surface area contributed by atoms with Crippen LogP contribution in [0, 0.1) is 6.92 Å². The molecular weight excluding hydrogens is 308 g/mol. The van der Waals surface area contributed by atoms with Crippen LogP contribution in [0.1, 0.15) is 34.4 Å². The quantitative estimate of drug-likeness (QED) is 0.828. The summed E-state index contributed by atoms with van der Waals surface area (Å²) in [5, 5.41) is 2.70. The number of aromatic nitrogens is 1. The topological polar surface area (TPSA) is 76.1 Å². The Morgan fingerprint density at radius 3 is 2.76 bits per heavy atom. The molecule has 0 amide bonds. The van der Waals surface area contributed by atoms with E-state index >= 15 is 0 Å². The fourth-order valence-corrected chi connectivity index (χ4v) is 3.44. The highest BCUT2D eigenvalue weighted by atomic mass is 32.2. The fraction of sp³-hybridized carbons (Fsp3) is 0.286. The minimum Gasteiger partial charge on any atom is -0.294 e. The van der Waals surface area contributed by atoms with Crippen molar-refractivity contribution in [2.45, 2.75) is 31.7 Å². The summed E-state index contributed by atoms with van der Waals surface area (Å²) < 4.78 is 27.0. The van der Waals surface area contributed by atoms with Crippen LogP contribution in [0.5, 0.6) is 0 Å². The van der Waals surface area contributed by atoms with E-state index in [0.717, 1.165) is 5.01 Å². The number of aryl methyl sites for hydroxylation is 1. The number of carbonyl (C=O) groups excluding carboxylic acids is 1. The van der Waals surface area contributed by atoms with E-state index in [0.29, 0.717) is 17.7 Å². The molecule has 7 heteroatoms. The Labute approximate surface area is 128 Å². The number of benzene rings is 1. The molecule has 2 rings (SSSR count). The number of nitrogens with one attached hydrogen (secondary N) is 1. The number of ketones is 1. The average molecular weight is 324 g/mol. The van der Waals surface area contributed by atoms with Gasteiger partial charge in [-0.3, -0.25) is 4.79 Å². The minimum absolute atomic E-state index is 0.0813. The Kier molecular flexibility index (Phi) is 4.87. The van der Waals surface area contributed by atoms with E-state index in [2.05, 4.69) is 9.71 Å². The average Bonchev–Trinajstić information content (AvgIpc) is 2.90. The first-order valence-electron chi connectivity index (χ1n) is 6.46. The first-order chi connectivity index (χ1) is 9.92. The first-order valence-corrected chi connectivity index (χ1v) is 8.82. The summed E-state index contributed by atoms with van der Waals surface area (Å²) in [5.41, 5.74) is 1.09. The Hall–Kier alpha value is -1.57. The van der Waals surface area contributed by atoms with Gasteiger partial charge in [0.1, 0.15) is 0 Å². The van der Waals surface area contributed by atoms with Gasteiger partial charge in [-0.05, 0) is 19.1 Å². The smallest absolute Gasteiger partial charge is 0.240 e. The zero-order valence-electron chi connectivity index (χ0n) is 11.8. The third kappa shape index (κ3) is 3.96. The summed E-state index contributed by atoms with van der Waals surface area (Å²) >= 11 is 1.47. The zero-order chi connectivity index (χ0) is 15.5. The molecule has 112 valence electrons. The molecule has 0 unspecified atom stereocenters. The lowest BCUT2D eigenvalue weighted by atomic mass is 10.1. The van der Waals surface area contributed by atoms with Crippen molar-refractivity contribution in [2.75, 3.05) is 0 Å². The van der Waals surface area contributed by atoms with Crippen molar-refractivity contribution in [2.24, 2.45) is 0 Å². The van der Waals surface area contributed by atoms with Crippen molar-refractivity contribution in [3.05, 3.63) is 45.9 Å². The maximum absolute atomic E-state index is 12.2. The highest BCUT2D eigenvalue weighted by Gasteiger charge is 2.16. The van der Waals surface area contributed by atoms with Gasteiger partial charge in [0, 0.05) is 17.4 Å². The molecule has 0 saturated carbocycles. The van der Waals surface area contributed by atoms with Crippen LogP contribution in [0.2, 0.25) is 0 Å². The van der Waals surface area contributed by atoms with Crippen molar-refractivity contribution in [1.82, 2.24) is 9.71 Å². The normalized spacial score (nSPS) is 11.5. The van der Waals surface area contributed by atoms with Crippen molar-refractivity contribution in [3.63, 3.8) is 0 Å². The van der Waals surface area contributed by atoms with Gasteiger partial charge < -0.3 is 0 Å². The molecular formula is C14H16N2O3S2. The van der Waals surface area contributed by atoms with Crippen LogP contribution < -0.4 is 4.72 Å². The van der Waals surface area contributed by atoms with Crippen LogP contribution in [0.15, 0.2) is 34.5 Å². The second-order valence-corrected chi connectivity index (χ2v) is 7.32. The molecule has 0 aliphatic rings. The van der Waals surface area contributed by atoms with E-state index in [9.17, 15) is 13.2 Å². The molecule has 0 bridgehead atoms. The van der Waals surface area contributed by atoms with Crippen molar-refractivity contribution in [3.8, 4) is 0 Å². The van der Waals surface area contributed by atoms with Gasteiger partial charge in [-0.2, -0.15) is 0 Å². The molecule has 0 spiro atoms. The second kappa shape index (κ2) is 6.46. The molecule has 0 aliphatic heterocycles. The van der Waals surface area contributed by atoms with Crippen molar-refractivity contribution >= 4 is 27.1 Å². The molecule has 5 nitrogen and oxygen atoms in total. The molecule has 0 saturated heterocycles. The number of thiazole rings is 1. The van der Waals surface area contributed by atoms with Crippen LogP contribution in [0.3, 0.4) is 0 Å². The molecule has 21 heavy (non-hydrogen) atoms. The van der Waals surface area contributed by atoms with Crippen molar-refractivity contribution < 1.29 is 13.2 Å². The van der Waals surface area contributed by atoms with Gasteiger partial charge in [0.15, 0.2) is 5.78 Å². The zero-order valence-corrected chi connectivity index (χ0v) is 13.4. The van der Waals surface area contributed by atoms with E-state index in [1.54, 1.807) is 19.1 Å². The minimum atomic E-state index is -3.65. The SMILES string of the molecule is CCC(=O)c1cccc(S(=O)(=O)NCc2csc(C)n2)c1. The molecule has 0 radical (unpaired) electrons. The molecule has 1 aromatic carbocycles. The highest BCUT2D eigenvalue weighted by Crippen LogP contribution is 2.14. The number of Topliss-reactive ketones (excluding diaryl/α,β-unsaturated/α-hetero) is 1. The summed E-state index contributed by atoms with van der Waals surface area (Å²) in [6.07, 6.45) is 0.342. The summed E-state index contributed by atoms with van der Waals surface area (Å²) in [4.78, 5) is 15.9. The Balaban J connectivity index is 2.17. The van der Waals surface area contributed by atoms with Gasteiger partial charge >= 0.3 is 0 Å². The molecule has 1 aromatic heterocycles. The van der Waals surface area contributed by atoms with E-state index in [4.69, 9.17) is 0 Å². The Bertz CT molecular complexity index is 751. The van der Waals surface area contributed by atoms with Gasteiger partial charge in [0.2, 0.25) is 10.0 Å². The lowest BCUT2D eigenvalue weighted by Crippen LogP contribution is -2.23. The lowest BCUT2D eigenvalue weighted by Gasteiger charge is -2.07. The van der Waals surface area contributed by atoms with Crippen LogP contribution in [0.25, 0.3) is 0 Å². The summed E-state index contributed by atoms with van der Waals surface area (Å²) in [5.74, 6) is -0.0813. The van der Waals surface area contributed by atoms with E-state index in [1.165, 1.54) is 23.5 Å². The lowest BCUT2D eigenvalue weighted by molar-refractivity contribution is 0.0988. The predicted molar refractivity (Wildman–Crippen MR) is 81.9 cm³/mol. The largest absolute Gasteiger partial charge is 0.294 e. The molecule has 0 atom stereocenters. The number of hydrogen-bond donors (Lipinski definition) is 1. The van der Waals surface area contributed by atoms with Gasteiger partial charge in [0.05, 0.1) is 22.1 Å².